The topological polar surface area (TPSA) is 50.4 Å². The number of hydrazone groups is 1. The summed E-state index contributed by atoms with van der Waals surface area (Å²) in [7, 11) is 0. The van der Waals surface area contributed by atoms with Gasteiger partial charge in [-0.25, -0.2) is 0 Å². The first-order chi connectivity index (χ1) is 6.40. The van der Waals surface area contributed by atoms with E-state index in [1.54, 1.807) is 6.21 Å². The molecule has 0 spiro atoms. The fourth-order valence-corrected chi connectivity index (χ4v) is 1.41. The van der Waals surface area contributed by atoms with Gasteiger partial charge in [0, 0.05) is 5.69 Å². The predicted octanol–water partition coefficient (Wildman–Crippen LogP) is 1.48. The summed E-state index contributed by atoms with van der Waals surface area (Å²) in [5.74, 6) is 5.07. The lowest BCUT2D eigenvalue weighted by molar-refractivity contribution is 1.19. The van der Waals surface area contributed by atoms with Gasteiger partial charge in [0.2, 0.25) is 0 Å². The van der Waals surface area contributed by atoms with Crippen LogP contribution in [0.3, 0.4) is 0 Å². The van der Waals surface area contributed by atoms with Crippen LogP contribution in [0.2, 0.25) is 0 Å². The summed E-state index contributed by atoms with van der Waals surface area (Å²) >= 11 is 0. The number of hydrogen-bond donors (Lipinski definition) is 2. The van der Waals surface area contributed by atoms with Gasteiger partial charge in [-0.15, -0.1) is 0 Å². The van der Waals surface area contributed by atoms with E-state index in [0.29, 0.717) is 0 Å². The SMILES string of the molecule is NN=CC1=CCc2ccccc2N1. The second-order valence-corrected chi connectivity index (χ2v) is 2.92. The number of hydrogen-bond acceptors (Lipinski definition) is 3. The Morgan fingerprint density at radius 1 is 1.38 bits per heavy atom. The molecule has 3 N–H and O–H groups in total. The normalized spacial score (nSPS) is 14.9. The molecule has 3 heteroatoms. The molecule has 1 aromatic carbocycles. The lowest BCUT2D eigenvalue weighted by Crippen LogP contribution is -2.09. The molecule has 1 heterocycles. The summed E-state index contributed by atoms with van der Waals surface area (Å²) in [5, 5.41) is 6.71. The van der Waals surface area contributed by atoms with E-state index in [9.17, 15) is 0 Å². The summed E-state index contributed by atoms with van der Waals surface area (Å²) in [6, 6.07) is 8.20. The van der Waals surface area contributed by atoms with Crippen LogP contribution < -0.4 is 11.2 Å². The minimum absolute atomic E-state index is 0.935. The Morgan fingerprint density at radius 2 is 2.23 bits per heavy atom. The van der Waals surface area contributed by atoms with Gasteiger partial charge in [0.1, 0.15) is 0 Å². The van der Waals surface area contributed by atoms with E-state index >= 15 is 0 Å². The van der Waals surface area contributed by atoms with Gasteiger partial charge in [-0.2, -0.15) is 5.10 Å². The van der Waals surface area contributed by atoms with E-state index in [-0.39, 0.29) is 0 Å². The van der Waals surface area contributed by atoms with E-state index in [1.807, 2.05) is 18.2 Å². The quantitative estimate of drug-likeness (QED) is 0.384. The number of benzene rings is 1. The van der Waals surface area contributed by atoms with Crippen LogP contribution in [-0.4, -0.2) is 6.21 Å². The molecule has 1 aromatic rings. The van der Waals surface area contributed by atoms with Gasteiger partial charge >= 0.3 is 0 Å². The van der Waals surface area contributed by atoms with Crippen molar-refractivity contribution in [3.05, 3.63) is 41.6 Å². The molecule has 1 aliphatic rings. The Labute approximate surface area is 77.0 Å². The molecular weight excluding hydrogens is 162 g/mol. The summed E-state index contributed by atoms with van der Waals surface area (Å²) in [4.78, 5) is 0. The third-order valence-electron chi connectivity index (χ3n) is 2.05. The van der Waals surface area contributed by atoms with E-state index < -0.39 is 0 Å². The Bertz CT molecular complexity index is 366. The first-order valence-electron chi connectivity index (χ1n) is 4.18. The minimum Gasteiger partial charge on any atom is -0.354 e. The number of rotatable bonds is 1. The molecule has 0 atom stereocenters. The van der Waals surface area contributed by atoms with Gasteiger partial charge in [0.25, 0.3) is 0 Å². The second-order valence-electron chi connectivity index (χ2n) is 2.92. The number of nitrogens with one attached hydrogen (secondary N) is 1. The smallest absolute Gasteiger partial charge is 0.0697 e. The Balaban J connectivity index is 2.27. The van der Waals surface area contributed by atoms with E-state index in [1.165, 1.54) is 5.56 Å². The first kappa shape index (κ1) is 7.86. The highest BCUT2D eigenvalue weighted by Crippen LogP contribution is 2.21. The lowest BCUT2D eigenvalue weighted by atomic mass is 10.1. The molecule has 0 fully saturated rings. The average Bonchev–Trinajstić information content (AvgIpc) is 2.18. The number of fused-ring (bicyclic) bond motifs is 1. The fourth-order valence-electron chi connectivity index (χ4n) is 1.41. The summed E-state index contributed by atoms with van der Waals surface area (Å²) < 4.78 is 0. The second kappa shape index (κ2) is 3.31. The largest absolute Gasteiger partial charge is 0.354 e. The third-order valence-corrected chi connectivity index (χ3v) is 2.05. The molecule has 0 amide bonds. The van der Waals surface area contributed by atoms with Crippen molar-refractivity contribution in [2.75, 3.05) is 5.32 Å². The molecule has 3 nitrogen and oxygen atoms in total. The minimum atomic E-state index is 0.935. The van der Waals surface area contributed by atoms with Crippen LogP contribution in [0, 0.1) is 0 Å². The van der Waals surface area contributed by atoms with Crippen LogP contribution >= 0.6 is 0 Å². The maximum absolute atomic E-state index is 5.07. The highest BCUT2D eigenvalue weighted by atomic mass is 15.1. The van der Waals surface area contributed by atoms with Crippen molar-refractivity contribution in [1.29, 1.82) is 0 Å². The number of nitrogens with two attached hydrogens (primary N) is 1. The van der Waals surface area contributed by atoms with Gasteiger partial charge in [-0.1, -0.05) is 24.3 Å². The van der Waals surface area contributed by atoms with Crippen molar-refractivity contribution in [2.24, 2.45) is 10.9 Å². The average molecular weight is 173 g/mol. The third kappa shape index (κ3) is 1.54. The molecule has 13 heavy (non-hydrogen) atoms. The number of anilines is 1. The highest BCUT2D eigenvalue weighted by molar-refractivity contribution is 5.84. The van der Waals surface area contributed by atoms with Crippen LogP contribution in [0.15, 0.2) is 41.1 Å². The molecule has 0 aromatic heterocycles. The van der Waals surface area contributed by atoms with Crippen LogP contribution in [-0.2, 0) is 6.42 Å². The molecular formula is C10H11N3. The van der Waals surface area contributed by atoms with E-state index in [4.69, 9.17) is 5.84 Å². The molecule has 1 aliphatic heterocycles. The molecule has 66 valence electrons. The molecule has 0 radical (unpaired) electrons. The lowest BCUT2D eigenvalue weighted by Gasteiger charge is -2.16. The number of allylic oxidation sites excluding steroid dienone is 2. The van der Waals surface area contributed by atoms with Gasteiger partial charge in [-0.3, -0.25) is 0 Å². The molecule has 0 bridgehead atoms. The summed E-state index contributed by atoms with van der Waals surface area (Å²) in [6.07, 6.45) is 4.62. The van der Waals surface area contributed by atoms with E-state index in [0.717, 1.165) is 17.8 Å². The Kier molecular flexibility index (Phi) is 2.00. The van der Waals surface area contributed by atoms with Gasteiger partial charge < -0.3 is 11.2 Å². The van der Waals surface area contributed by atoms with Crippen molar-refractivity contribution >= 4 is 11.9 Å². The standard InChI is InChI=1S/C10H11N3/c11-12-7-9-6-5-8-3-1-2-4-10(8)13-9/h1-4,6-7,13H,5,11H2. The van der Waals surface area contributed by atoms with Crippen LogP contribution in [0.4, 0.5) is 5.69 Å². The highest BCUT2D eigenvalue weighted by Gasteiger charge is 2.06. The fraction of sp³-hybridized carbons (Fsp3) is 0.100. The van der Waals surface area contributed by atoms with Crippen molar-refractivity contribution in [3.8, 4) is 0 Å². The maximum atomic E-state index is 5.07. The maximum Gasteiger partial charge on any atom is 0.0697 e. The molecule has 2 rings (SSSR count). The van der Waals surface area contributed by atoms with Gasteiger partial charge in [-0.05, 0) is 18.1 Å². The van der Waals surface area contributed by atoms with Crippen molar-refractivity contribution in [2.45, 2.75) is 6.42 Å². The number of nitrogens with zero attached hydrogens (tertiary/aromatic N) is 1. The van der Waals surface area contributed by atoms with E-state index in [2.05, 4.69) is 22.6 Å². The monoisotopic (exact) mass is 173 g/mol. The zero-order valence-corrected chi connectivity index (χ0v) is 7.20. The van der Waals surface area contributed by atoms with Gasteiger partial charge in [0.05, 0.1) is 11.9 Å². The predicted molar refractivity (Wildman–Crippen MR) is 54.5 cm³/mol. The zero-order valence-electron chi connectivity index (χ0n) is 7.20. The molecule has 0 unspecified atom stereocenters. The van der Waals surface area contributed by atoms with Crippen LogP contribution in [0.1, 0.15) is 5.56 Å². The van der Waals surface area contributed by atoms with Crippen molar-refractivity contribution < 1.29 is 0 Å². The number of para-hydroxylation sites is 1. The molecule has 0 saturated carbocycles. The van der Waals surface area contributed by atoms with Crippen molar-refractivity contribution in [1.82, 2.24) is 0 Å². The molecule has 0 aliphatic carbocycles. The van der Waals surface area contributed by atoms with Gasteiger partial charge in [0.15, 0.2) is 0 Å². The van der Waals surface area contributed by atoms with Crippen LogP contribution in [0.5, 0.6) is 0 Å². The Hall–Kier alpha value is -1.77. The molecule has 0 saturated heterocycles. The summed E-state index contributed by atoms with van der Waals surface area (Å²) in [6.45, 7) is 0. The van der Waals surface area contributed by atoms with Crippen LogP contribution in [0.25, 0.3) is 0 Å². The zero-order chi connectivity index (χ0) is 9.10. The Morgan fingerprint density at radius 3 is 3.08 bits per heavy atom. The van der Waals surface area contributed by atoms with Crippen molar-refractivity contribution in [3.63, 3.8) is 0 Å². The first-order valence-corrected chi connectivity index (χ1v) is 4.18. The summed E-state index contributed by atoms with van der Waals surface area (Å²) in [5.41, 5.74) is 3.40.